The highest BCUT2D eigenvalue weighted by atomic mass is 16.5. The van der Waals surface area contributed by atoms with E-state index in [2.05, 4.69) is 5.32 Å². The summed E-state index contributed by atoms with van der Waals surface area (Å²) in [6.07, 6.45) is 0.692. The molecule has 0 bridgehead atoms. The van der Waals surface area contributed by atoms with Crippen molar-refractivity contribution >= 4 is 11.9 Å². The molecule has 0 unspecified atom stereocenters. The predicted molar refractivity (Wildman–Crippen MR) is 86.9 cm³/mol. The van der Waals surface area contributed by atoms with E-state index in [9.17, 15) is 14.7 Å². The van der Waals surface area contributed by atoms with Crippen molar-refractivity contribution in [2.75, 3.05) is 14.2 Å². The number of carbonyl (C=O) groups excluding carboxylic acids is 1. The van der Waals surface area contributed by atoms with Crippen molar-refractivity contribution in [3.8, 4) is 11.5 Å². The average molecular weight is 323 g/mol. The van der Waals surface area contributed by atoms with Crippen LogP contribution in [-0.4, -0.2) is 37.2 Å². The van der Waals surface area contributed by atoms with Crippen LogP contribution in [0.4, 0.5) is 0 Å². The molecule has 6 nitrogen and oxygen atoms in total. The van der Waals surface area contributed by atoms with E-state index in [4.69, 9.17) is 9.47 Å². The third kappa shape index (κ3) is 5.47. The molecule has 0 fully saturated rings. The van der Waals surface area contributed by atoms with Gasteiger partial charge in [-0.3, -0.25) is 4.79 Å². The van der Waals surface area contributed by atoms with Crippen molar-refractivity contribution in [1.29, 1.82) is 0 Å². The monoisotopic (exact) mass is 323 g/mol. The Morgan fingerprint density at radius 1 is 1.17 bits per heavy atom. The van der Waals surface area contributed by atoms with Gasteiger partial charge >= 0.3 is 5.97 Å². The molecule has 0 aliphatic heterocycles. The fourth-order valence-electron chi connectivity index (χ4n) is 2.18. The molecule has 0 aliphatic carbocycles. The molecular formula is C17H25NO5. The van der Waals surface area contributed by atoms with Gasteiger partial charge in [-0.15, -0.1) is 0 Å². The van der Waals surface area contributed by atoms with Crippen molar-refractivity contribution in [2.45, 2.75) is 39.7 Å². The lowest BCUT2D eigenvalue weighted by molar-refractivity contribution is -0.144. The summed E-state index contributed by atoms with van der Waals surface area (Å²) >= 11 is 0. The first-order chi connectivity index (χ1) is 10.7. The minimum absolute atomic E-state index is 0.204. The molecule has 1 rings (SSSR count). The molecule has 0 saturated heterocycles. The molecule has 0 radical (unpaired) electrons. The molecule has 0 spiro atoms. The minimum atomic E-state index is -1.03. The van der Waals surface area contributed by atoms with Crippen LogP contribution in [0, 0.1) is 5.41 Å². The van der Waals surface area contributed by atoms with Crippen LogP contribution < -0.4 is 14.8 Å². The number of nitrogens with one attached hydrogen (secondary N) is 1. The highest BCUT2D eigenvalue weighted by Gasteiger charge is 2.32. The van der Waals surface area contributed by atoms with E-state index in [1.807, 2.05) is 12.1 Å². The number of carbonyl (C=O) groups is 2. The number of hydrogen-bond donors (Lipinski definition) is 2. The maximum absolute atomic E-state index is 12.0. The molecule has 1 aromatic rings. The second-order valence-electron chi connectivity index (χ2n) is 6.39. The van der Waals surface area contributed by atoms with Gasteiger partial charge in [-0.05, 0) is 29.5 Å². The summed E-state index contributed by atoms with van der Waals surface area (Å²) in [6, 6.07) is 4.53. The van der Waals surface area contributed by atoms with Gasteiger partial charge in [-0.2, -0.15) is 0 Å². The number of ether oxygens (including phenoxy) is 2. The Balaban J connectivity index is 2.67. The van der Waals surface area contributed by atoms with Gasteiger partial charge < -0.3 is 19.9 Å². The zero-order valence-corrected chi connectivity index (χ0v) is 14.3. The fraction of sp³-hybridized carbons (Fsp3) is 0.529. The van der Waals surface area contributed by atoms with Gasteiger partial charge in [0.15, 0.2) is 11.5 Å². The van der Waals surface area contributed by atoms with Gasteiger partial charge in [0, 0.05) is 6.42 Å². The van der Waals surface area contributed by atoms with Crippen LogP contribution in [0.25, 0.3) is 0 Å². The molecule has 1 atom stereocenters. The Kier molecular flexibility index (Phi) is 6.42. The van der Waals surface area contributed by atoms with E-state index in [0.717, 1.165) is 5.56 Å². The Labute approximate surface area is 136 Å². The van der Waals surface area contributed by atoms with Gasteiger partial charge in [-0.1, -0.05) is 26.8 Å². The van der Waals surface area contributed by atoms with Crippen LogP contribution in [0.15, 0.2) is 18.2 Å². The minimum Gasteiger partial charge on any atom is -0.493 e. The standard InChI is InChI=1S/C17H25NO5/c1-17(2,3)15(16(20)21)18-14(19)9-7-11-6-8-12(22-4)13(10-11)23-5/h6,8,10,15H,7,9H2,1-5H3,(H,18,19)(H,20,21)/t15-/m0/s1. The van der Waals surface area contributed by atoms with Crippen LogP contribution in [0.2, 0.25) is 0 Å². The quantitative estimate of drug-likeness (QED) is 0.804. The number of carboxylic acid groups (broad SMARTS) is 1. The van der Waals surface area contributed by atoms with Crippen LogP contribution in [0.1, 0.15) is 32.8 Å². The lowest BCUT2D eigenvalue weighted by Crippen LogP contribution is -2.49. The number of rotatable bonds is 7. The normalized spacial score (nSPS) is 12.4. The molecule has 0 aliphatic rings. The van der Waals surface area contributed by atoms with Gasteiger partial charge in [0.1, 0.15) is 6.04 Å². The Morgan fingerprint density at radius 3 is 2.26 bits per heavy atom. The zero-order chi connectivity index (χ0) is 17.6. The molecule has 1 aromatic carbocycles. The molecule has 23 heavy (non-hydrogen) atoms. The fourth-order valence-corrected chi connectivity index (χ4v) is 2.18. The Hall–Kier alpha value is -2.24. The van der Waals surface area contributed by atoms with E-state index >= 15 is 0 Å². The number of hydrogen-bond acceptors (Lipinski definition) is 4. The molecule has 0 heterocycles. The summed E-state index contributed by atoms with van der Waals surface area (Å²) in [5.41, 5.74) is 0.366. The highest BCUT2D eigenvalue weighted by molar-refractivity contribution is 5.84. The van der Waals surface area contributed by atoms with Crippen molar-refractivity contribution in [3.05, 3.63) is 23.8 Å². The lowest BCUT2D eigenvalue weighted by atomic mass is 9.86. The van der Waals surface area contributed by atoms with Crippen molar-refractivity contribution in [1.82, 2.24) is 5.32 Å². The molecule has 128 valence electrons. The van der Waals surface area contributed by atoms with E-state index in [1.54, 1.807) is 41.1 Å². The first-order valence-electron chi connectivity index (χ1n) is 7.42. The van der Waals surface area contributed by atoms with E-state index < -0.39 is 17.4 Å². The van der Waals surface area contributed by atoms with Gasteiger partial charge in [-0.25, -0.2) is 4.79 Å². The summed E-state index contributed by atoms with van der Waals surface area (Å²) in [4.78, 5) is 23.3. The number of methoxy groups -OCH3 is 2. The third-order valence-electron chi connectivity index (χ3n) is 3.51. The summed E-state index contributed by atoms with van der Waals surface area (Å²) in [7, 11) is 3.11. The number of aryl methyl sites for hydroxylation is 1. The molecular weight excluding hydrogens is 298 g/mol. The summed E-state index contributed by atoms with van der Waals surface area (Å²) in [5, 5.41) is 11.8. The number of carboxylic acids is 1. The van der Waals surface area contributed by atoms with Gasteiger partial charge in [0.2, 0.25) is 5.91 Å². The predicted octanol–water partition coefficient (Wildman–Crippen LogP) is 2.25. The SMILES string of the molecule is COc1ccc(CCC(=O)N[C@@H](C(=O)O)C(C)(C)C)cc1OC. The van der Waals surface area contributed by atoms with E-state index in [-0.39, 0.29) is 12.3 Å². The van der Waals surface area contributed by atoms with Crippen LogP contribution in [0.3, 0.4) is 0 Å². The molecule has 6 heteroatoms. The Bertz CT molecular complexity index is 563. The van der Waals surface area contributed by atoms with Gasteiger partial charge in [0.05, 0.1) is 14.2 Å². The van der Waals surface area contributed by atoms with Crippen LogP contribution in [0.5, 0.6) is 11.5 Å². The smallest absolute Gasteiger partial charge is 0.326 e. The number of benzene rings is 1. The summed E-state index contributed by atoms with van der Waals surface area (Å²) in [5.74, 6) is -0.0954. The number of amides is 1. The topological polar surface area (TPSA) is 84.9 Å². The first kappa shape index (κ1) is 18.8. The highest BCUT2D eigenvalue weighted by Crippen LogP contribution is 2.28. The maximum Gasteiger partial charge on any atom is 0.326 e. The lowest BCUT2D eigenvalue weighted by Gasteiger charge is -2.27. The average Bonchev–Trinajstić information content (AvgIpc) is 2.48. The van der Waals surface area contributed by atoms with Crippen molar-refractivity contribution < 1.29 is 24.2 Å². The van der Waals surface area contributed by atoms with Crippen molar-refractivity contribution in [2.24, 2.45) is 5.41 Å². The van der Waals surface area contributed by atoms with E-state index in [1.165, 1.54) is 0 Å². The second kappa shape index (κ2) is 7.85. The number of aliphatic carboxylic acids is 1. The maximum atomic E-state index is 12.0. The van der Waals surface area contributed by atoms with Crippen LogP contribution >= 0.6 is 0 Å². The van der Waals surface area contributed by atoms with E-state index in [0.29, 0.717) is 17.9 Å². The third-order valence-corrected chi connectivity index (χ3v) is 3.51. The second-order valence-corrected chi connectivity index (χ2v) is 6.39. The van der Waals surface area contributed by atoms with Gasteiger partial charge in [0.25, 0.3) is 0 Å². The molecule has 2 N–H and O–H groups in total. The van der Waals surface area contributed by atoms with Crippen molar-refractivity contribution in [3.63, 3.8) is 0 Å². The molecule has 0 aromatic heterocycles. The van der Waals surface area contributed by atoms with Crippen LogP contribution in [-0.2, 0) is 16.0 Å². The molecule has 0 saturated carbocycles. The molecule has 1 amide bonds. The first-order valence-corrected chi connectivity index (χ1v) is 7.42. The summed E-state index contributed by atoms with van der Waals surface area (Å²) in [6.45, 7) is 5.33. The zero-order valence-electron chi connectivity index (χ0n) is 14.3. The Morgan fingerprint density at radius 2 is 1.78 bits per heavy atom. The summed E-state index contributed by atoms with van der Waals surface area (Å²) < 4.78 is 10.4. The largest absolute Gasteiger partial charge is 0.493 e.